The lowest BCUT2D eigenvalue weighted by Crippen LogP contribution is -2.26. The van der Waals surface area contributed by atoms with Crippen molar-refractivity contribution < 1.29 is 13.5 Å². The lowest BCUT2D eigenvalue weighted by atomic mass is 10.2. The second-order valence-corrected chi connectivity index (χ2v) is 7.49. The van der Waals surface area contributed by atoms with E-state index in [-0.39, 0.29) is 11.5 Å². The third-order valence-corrected chi connectivity index (χ3v) is 5.60. The third-order valence-electron chi connectivity index (χ3n) is 3.89. The maximum atomic E-state index is 12.4. The molecular weight excluding hydrogens is 290 g/mol. The van der Waals surface area contributed by atoms with Crippen molar-refractivity contribution in [3.05, 3.63) is 11.4 Å². The Morgan fingerprint density at radius 2 is 2.05 bits per heavy atom. The number of sulfonamides is 1. The smallest absolute Gasteiger partial charge is 0.244 e. The molecule has 1 aliphatic carbocycles. The highest BCUT2D eigenvalue weighted by atomic mass is 32.2. The van der Waals surface area contributed by atoms with Gasteiger partial charge in [0.1, 0.15) is 4.90 Å². The van der Waals surface area contributed by atoms with E-state index in [0.717, 1.165) is 18.8 Å². The Morgan fingerprint density at radius 1 is 1.33 bits per heavy atom. The van der Waals surface area contributed by atoms with Gasteiger partial charge in [0, 0.05) is 19.7 Å². The highest BCUT2D eigenvalue weighted by molar-refractivity contribution is 7.89. The summed E-state index contributed by atoms with van der Waals surface area (Å²) < 4.78 is 29.2. The zero-order valence-corrected chi connectivity index (χ0v) is 13.6. The van der Waals surface area contributed by atoms with Gasteiger partial charge in [-0.2, -0.15) is 5.10 Å². The summed E-state index contributed by atoms with van der Waals surface area (Å²) in [6, 6.07) is 0. The van der Waals surface area contributed by atoms with Gasteiger partial charge >= 0.3 is 0 Å². The van der Waals surface area contributed by atoms with Crippen LogP contribution in [0.5, 0.6) is 0 Å². The summed E-state index contributed by atoms with van der Waals surface area (Å²) in [6.45, 7) is 4.55. The Balaban J connectivity index is 2.01. The second kappa shape index (κ2) is 6.89. The zero-order valence-electron chi connectivity index (χ0n) is 12.8. The molecule has 0 aromatic carbocycles. The van der Waals surface area contributed by atoms with Crippen LogP contribution in [0.4, 0.5) is 0 Å². The fourth-order valence-electron chi connectivity index (χ4n) is 2.58. The maximum absolute atomic E-state index is 12.4. The van der Waals surface area contributed by atoms with Crippen molar-refractivity contribution in [3.63, 3.8) is 0 Å². The van der Waals surface area contributed by atoms with Gasteiger partial charge < -0.3 is 5.11 Å². The van der Waals surface area contributed by atoms with E-state index >= 15 is 0 Å². The van der Waals surface area contributed by atoms with Crippen LogP contribution in [0.3, 0.4) is 0 Å². The zero-order chi connectivity index (χ0) is 15.5. The molecule has 2 N–H and O–H groups in total. The molecule has 2 rings (SSSR count). The highest BCUT2D eigenvalue weighted by Crippen LogP contribution is 2.33. The molecule has 1 aromatic heterocycles. The summed E-state index contributed by atoms with van der Waals surface area (Å²) in [5, 5.41) is 13.1. The number of nitrogens with one attached hydrogen (secondary N) is 1. The van der Waals surface area contributed by atoms with Crippen LogP contribution in [-0.4, -0.2) is 36.5 Å². The predicted octanol–water partition coefficient (Wildman–Crippen LogP) is 1.35. The Morgan fingerprint density at radius 3 is 2.67 bits per heavy atom. The van der Waals surface area contributed by atoms with Crippen LogP contribution >= 0.6 is 0 Å². The van der Waals surface area contributed by atoms with Gasteiger partial charge in [-0.1, -0.05) is 12.8 Å². The first-order valence-electron chi connectivity index (χ1n) is 7.60. The molecule has 1 saturated carbocycles. The van der Waals surface area contributed by atoms with Crippen LogP contribution < -0.4 is 4.72 Å². The van der Waals surface area contributed by atoms with Gasteiger partial charge in [-0.3, -0.25) is 4.68 Å². The average Bonchev–Trinajstić information content (AvgIpc) is 3.18. The van der Waals surface area contributed by atoms with Crippen LogP contribution in [0.1, 0.15) is 43.5 Å². The minimum Gasteiger partial charge on any atom is -0.396 e. The molecule has 1 heterocycles. The molecule has 1 aromatic rings. The van der Waals surface area contributed by atoms with Crippen molar-refractivity contribution >= 4 is 10.0 Å². The third kappa shape index (κ3) is 4.28. The quantitative estimate of drug-likeness (QED) is 0.674. The first-order valence-corrected chi connectivity index (χ1v) is 9.08. The van der Waals surface area contributed by atoms with Gasteiger partial charge in [0.25, 0.3) is 0 Å². The van der Waals surface area contributed by atoms with Crippen LogP contribution in [0.15, 0.2) is 4.90 Å². The Bertz CT molecular complexity index is 577. The van der Waals surface area contributed by atoms with Crippen LogP contribution in [0.2, 0.25) is 0 Å². The number of aryl methyl sites for hydroxylation is 2. The lowest BCUT2D eigenvalue weighted by molar-refractivity contribution is 0.276. The van der Waals surface area contributed by atoms with Gasteiger partial charge in [-0.15, -0.1) is 0 Å². The van der Waals surface area contributed by atoms with Gasteiger partial charge in [0.15, 0.2) is 0 Å². The van der Waals surface area contributed by atoms with Crippen LogP contribution in [-0.2, 0) is 16.6 Å². The van der Waals surface area contributed by atoms with E-state index in [1.165, 1.54) is 12.8 Å². The molecule has 0 amide bonds. The highest BCUT2D eigenvalue weighted by Gasteiger charge is 2.25. The van der Waals surface area contributed by atoms with E-state index in [9.17, 15) is 8.42 Å². The van der Waals surface area contributed by atoms with E-state index in [2.05, 4.69) is 9.82 Å². The van der Waals surface area contributed by atoms with E-state index in [4.69, 9.17) is 5.11 Å². The number of aliphatic hydroxyl groups excluding tert-OH is 1. The van der Waals surface area contributed by atoms with Gasteiger partial charge in [0.05, 0.1) is 11.4 Å². The average molecular weight is 315 g/mol. The number of rotatable bonds is 9. The van der Waals surface area contributed by atoms with Crippen LogP contribution in [0.25, 0.3) is 0 Å². The summed E-state index contributed by atoms with van der Waals surface area (Å²) in [5.74, 6) is 0.819. The molecule has 21 heavy (non-hydrogen) atoms. The van der Waals surface area contributed by atoms with Crippen molar-refractivity contribution in [2.24, 2.45) is 5.92 Å². The molecule has 0 unspecified atom stereocenters. The molecular formula is C14H25N3O3S. The van der Waals surface area contributed by atoms with Crippen molar-refractivity contribution in [2.45, 2.75) is 57.4 Å². The largest absolute Gasteiger partial charge is 0.396 e. The second-order valence-electron chi connectivity index (χ2n) is 5.78. The summed E-state index contributed by atoms with van der Waals surface area (Å²) in [7, 11) is -3.50. The molecule has 7 heteroatoms. The molecule has 0 bridgehead atoms. The maximum Gasteiger partial charge on any atom is 0.244 e. The lowest BCUT2D eigenvalue weighted by Gasteiger charge is -2.07. The standard InChI is InChI=1S/C14H25N3O3S/c1-11-14(12(2)17(16-11)9-4-10-18)21(19,20)15-8-3-5-13-6-7-13/h13,15,18H,3-10H2,1-2H3. The molecule has 1 fully saturated rings. The topological polar surface area (TPSA) is 84.2 Å². The summed E-state index contributed by atoms with van der Waals surface area (Å²) in [6.07, 6.45) is 5.15. The Labute approximate surface area is 126 Å². The first kappa shape index (κ1) is 16.5. The van der Waals surface area contributed by atoms with Crippen molar-refractivity contribution in [2.75, 3.05) is 13.2 Å². The minimum atomic E-state index is -3.50. The number of nitrogens with zero attached hydrogens (tertiary/aromatic N) is 2. The molecule has 6 nitrogen and oxygen atoms in total. The van der Waals surface area contributed by atoms with Gasteiger partial charge in [-0.25, -0.2) is 13.1 Å². The van der Waals surface area contributed by atoms with E-state index < -0.39 is 10.0 Å². The van der Waals surface area contributed by atoms with E-state index in [1.807, 2.05) is 0 Å². The monoisotopic (exact) mass is 315 g/mol. The number of hydrogen-bond acceptors (Lipinski definition) is 4. The summed E-state index contributed by atoms with van der Waals surface area (Å²) >= 11 is 0. The van der Waals surface area contributed by atoms with Crippen molar-refractivity contribution in [1.82, 2.24) is 14.5 Å². The number of aromatic nitrogens is 2. The first-order chi connectivity index (χ1) is 9.95. The predicted molar refractivity (Wildman–Crippen MR) is 80.6 cm³/mol. The molecule has 0 radical (unpaired) electrons. The molecule has 0 saturated heterocycles. The van der Waals surface area contributed by atoms with E-state index in [1.54, 1.807) is 18.5 Å². The molecule has 1 aliphatic rings. The Kier molecular flexibility index (Phi) is 5.40. The molecule has 0 atom stereocenters. The van der Waals surface area contributed by atoms with Crippen LogP contribution in [0, 0.1) is 19.8 Å². The fraction of sp³-hybridized carbons (Fsp3) is 0.786. The fourth-order valence-corrected chi connectivity index (χ4v) is 4.06. The number of aliphatic hydroxyl groups is 1. The van der Waals surface area contributed by atoms with Crippen molar-refractivity contribution in [3.8, 4) is 0 Å². The number of hydrogen-bond donors (Lipinski definition) is 2. The molecule has 0 spiro atoms. The minimum absolute atomic E-state index is 0.0693. The van der Waals surface area contributed by atoms with E-state index in [0.29, 0.717) is 30.9 Å². The Hall–Kier alpha value is -0.920. The normalized spacial score (nSPS) is 15.6. The van der Waals surface area contributed by atoms with Crippen molar-refractivity contribution in [1.29, 1.82) is 0 Å². The molecule has 120 valence electrons. The van der Waals surface area contributed by atoms with Gasteiger partial charge in [-0.05, 0) is 39.0 Å². The molecule has 0 aliphatic heterocycles. The van der Waals surface area contributed by atoms with Gasteiger partial charge in [0.2, 0.25) is 10.0 Å². The summed E-state index contributed by atoms with van der Waals surface area (Å²) in [5.41, 5.74) is 1.15. The summed E-state index contributed by atoms with van der Waals surface area (Å²) in [4.78, 5) is 0.284. The SMILES string of the molecule is Cc1nn(CCCO)c(C)c1S(=O)(=O)NCCCC1CC1.